The van der Waals surface area contributed by atoms with Crippen LogP contribution in [-0.4, -0.2) is 33.4 Å². The van der Waals surface area contributed by atoms with Crippen molar-refractivity contribution in [1.82, 2.24) is 14.9 Å². The summed E-state index contributed by atoms with van der Waals surface area (Å²) in [5.41, 5.74) is 3.71. The Balaban J connectivity index is 1.82. The smallest absolute Gasteiger partial charge is 0.272 e. The Bertz CT molecular complexity index is 739. The van der Waals surface area contributed by atoms with Crippen LogP contribution >= 0.6 is 0 Å². The van der Waals surface area contributed by atoms with E-state index in [0.29, 0.717) is 17.7 Å². The van der Waals surface area contributed by atoms with Gasteiger partial charge >= 0.3 is 0 Å². The fourth-order valence-corrected chi connectivity index (χ4v) is 3.50. The number of amides is 1. The van der Waals surface area contributed by atoms with Gasteiger partial charge in [-0.05, 0) is 56.7 Å². The van der Waals surface area contributed by atoms with Crippen LogP contribution in [0.15, 0.2) is 30.5 Å². The lowest BCUT2D eigenvalue weighted by Crippen LogP contribution is -2.43. The first-order chi connectivity index (χ1) is 12.1. The maximum atomic E-state index is 12.9. The molecule has 1 unspecified atom stereocenters. The normalized spacial score (nSPS) is 17.4. The molecule has 0 aliphatic carbocycles. The molecule has 1 N–H and O–H groups in total. The van der Waals surface area contributed by atoms with E-state index in [9.17, 15) is 4.79 Å². The highest BCUT2D eigenvalue weighted by Crippen LogP contribution is 2.24. The second kappa shape index (κ2) is 7.64. The van der Waals surface area contributed by atoms with Gasteiger partial charge < -0.3 is 10.2 Å². The van der Waals surface area contributed by atoms with Crippen molar-refractivity contribution in [2.24, 2.45) is 0 Å². The standard InChI is InChI=1S/C20H26N4O/c1-4-16-10-5-6-13-24(16)19(25)17-11-12-21-20(22-17)23-18-14(2)8-7-9-15(18)3/h7-9,11-12,16H,4-6,10,13H2,1-3H3,(H,21,22,23). The highest BCUT2D eigenvalue weighted by molar-refractivity contribution is 5.92. The van der Waals surface area contributed by atoms with Gasteiger partial charge in [0.25, 0.3) is 5.91 Å². The van der Waals surface area contributed by atoms with E-state index in [2.05, 4.69) is 22.2 Å². The summed E-state index contributed by atoms with van der Waals surface area (Å²) in [6.45, 7) is 7.05. The van der Waals surface area contributed by atoms with Crippen LogP contribution in [0, 0.1) is 13.8 Å². The number of benzene rings is 1. The molecule has 1 saturated heterocycles. The number of anilines is 2. The maximum Gasteiger partial charge on any atom is 0.272 e. The van der Waals surface area contributed by atoms with Gasteiger partial charge in [-0.25, -0.2) is 9.97 Å². The van der Waals surface area contributed by atoms with Crippen molar-refractivity contribution in [2.75, 3.05) is 11.9 Å². The topological polar surface area (TPSA) is 58.1 Å². The Labute approximate surface area is 149 Å². The number of nitrogens with zero attached hydrogens (tertiary/aromatic N) is 3. The molecule has 0 bridgehead atoms. The van der Waals surface area contributed by atoms with Gasteiger partial charge in [-0.3, -0.25) is 4.79 Å². The molecule has 1 aromatic heterocycles. The van der Waals surface area contributed by atoms with E-state index in [1.54, 1.807) is 12.3 Å². The molecule has 3 rings (SSSR count). The maximum absolute atomic E-state index is 12.9. The molecule has 5 nitrogen and oxygen atoms in total. The molecule has 5 heteroatoms. The zero-order valence-corrected chi connectivity index (χ0v) is 15.2. The molecule has 1 amide bonds. The van der Waals surface area contributed by atoms with E-state index in [1.807, 2.05) is 36.9 Å². The minimum Gasteiger partial charge on any atom is -0.334 e. The minimum absolute atomic E-state index is 0.0125. The van der Waals surface area contributed by atoms with Crippen LogP contribution < -0.4 is 5.32 Å². The van der Waals surface area contributed by atoms with Crippen molar-refractivity contribution in [3.63, 3.8) is 0 Å². The molecule has 1 atom stereocenters. The first-order valence-corrected chi connectivity index (χ1v) is 9.07. The van der Waals surface area contributed by atoms with Crippen molar-refractivity contribution >= 4 is 17.5 Å². The molecule has 2 aromatic rings. The third-order valence-electron chi connectivity index (χ3n) is 4.95. The molecule has 2 heterocycles. The Kier molecular flexibility index (Phi) is 5.31. The Hall–Kier alpha value is -2.43. The quantitative estimate of drug-likeness (QED) is 0.906. The van der Waals surface area contributed by atoms with Crippen LogP contribution in [-0.2, 0) is 0 Å². The van der Waals surface area contributed by atoms with E-state index in [0.717, 1.165) is 42.6 Å². The molecule has 0 saturated carbocycles. The molecule has 1 fully saturated rings. The minimum atomic E-state index is 0.0125. The Morgan fingerprint density at radius 3 is 2.72 bits per heavy atom. The van der Waals surface area contributed by atoms with Crippen molar-refractivity contribution in [3.05, 3.63) is 47.3 Å². The first-order valence-electron chi connectivity index (χ1n) is 9.07. The number of hydrogen-bond donors (Lipinski definition) is 1. The van der Waals surface area contributed by atoms with Gasteiger partial charge in [0.1, 0.15) is 5.69 Å². The Morgan fingerprint density at radius 1 is 1.24 bits per heavy atom. The van der Waals surface area contributed by atoms with E-state index >= 15 is 0 Å². The largest absolute Gasteiger partial charge is 0.334 e. The van der Waals surface area contributed by atoms with Gasteiger partial charge in [0, 0.05) is 24.5 Å². The van der Waals surface area contributed by atoms with Crippen LogP contribution in [0.4, 0.5) is 11.6 Å². The molecule has 0 radical (unpaired) electrons. The molecule has 132 valence electrons. The average Bonchev–Trinajstić information content (AvgIpc) is 2.64. The Morgan fingerprint density at radius 2 is 2.00 bits per heavy atom. The third kappa shape index (κ3) is 3.81. The van der Waals surface area contributed by atoms with Gasteiger partial charge in [0.05, 0.1) is 0 Å². The predicted octanol–water partition coefficient (Wildman–Crippen LogP) is 4.24. The molecule has 1 aliphatic heterocycles. The summed E-state index contributed by atoms with van der Waals surface area (Å²) in [5, 5.41) is 3.27. The zero-order valence-electron chi connectivity index (χ0n) is 15.2. The van der Waals surface area contributed by atoms with Crippen molar-refractivity contribution in [2.45, 2.75) is 52.5 Å². The molecule has 1 aromatic carbocycles. The van der Waals surface area contributed by atoms with Crippen molar-refractivity contribution < 1.29 is 4.79 Å². The summed E-state index contributed by atoms with van der Waals surface area (Å²) in [6.07, 6.45) is 6.00. The highest BCUT2D eigenvalue weighted by atomic mass is 16.2. The monoisotopic (exact) mass is 338 g/mol. The zero-order chi connectivity index (χ0) is 17.8. The second-order valence-electron chi connectivity index (χ2n) is 6.71. The van der Waals surface area contributed by atoms with E-state index < -0.39 is 0 Å². The third-order valence-corrected chi connectivity index (χ3v) is 4.95. The number of hydrogen-bond acceptors (Lipinski definition) is 4. The van der Waals surface area contributed by atoms with Crippen LogP contribution in [0.2, 0.25) is 0 Å². The second-order valence-corrected chi connectivity index (χ2v) is 6.71. The number of para-hydroxylation sites is 1. The van der Waals surface area contributed by atoms with E-state index in [1.165, 1.54) is 6.42 Å². The highest BCUT2D eigenvalue weighted by Gasteiger charge is 2.27. The fraction of sp³-hybridized carbons (Fsp3) is 0.450. The number of rotatable bonds is 4. The van der Waals surface area contributed by atoms with Gasteiger partial charge in [-0.2, -0.15) is 0 Å². The number of piperidine rings is 1. The number of carbonyl (C=O) groups is 1. The van der Waals surface area contributed by atoms with Crippen molar-refractivity contribution in [3.8, 4) is 0 Å². The molecular weight excluding hydrogens is 312 g/mol. The van der Waals surface area contributed by atoms with Gasteiger partial charge in [-0.1, -0.05) is 25.1 Å². The van der Waals surface area contributed by atoms with Crippen LogP contribution in [0.3, 0.4) is 0 Å². The lowest BCUT2D eigenvalue weighted by molar-refractivity contribution is 0.0602. The van der Waals surface area contributed by atoms with E-state index in [4.69, 9.17) is 0 Å². The summed E-state index contributed by atoms with van der Waals surface area (Å²) < 4.78 is 0. The lowest BCUT2D eigenvalue weighted by Gasteiger charge is -2.35. The molecular formula is C20H26N4O. The number of aryl methyl sites for hydroxylation is 2. The first kappa shape index (κ1) is 17.4. The fourth-order valence-electron chi connectivity index (χ4n) is 3.50. The van der Waals surface area contributed by atoms with Crippen LogP contribution in [0.1, 0.15) is 54.2 Å². The number of nitrogens with one attached hydrogen (secondary N) is 1. The van der Waals surface area contributed by atoms with Crippen molar-refractivity contribution in [1.29, 1.82) is 0 Å². The number of carbonyl (C=O) groups excluding carboxylic acids is 1. The summed E-state index contributed by atoms with van der Waals surface area (Å²) in [7, 11) is 0. The molecule has 1 aliphatic rings. The predicted molar refractivity (Wildman–Crippen MR) is 100 cm³/mol. The van der Waals surface area contributed by atoms with Gasteiger partial charge in [-0.15, -0.1) is 0 Å². The summed E-state index contributed by atoms with van der Waals surface area (Å²) >= 11 is 0. The van der Waals surface area contributed by atoms with E-state index in [-0.39, 0.29) is 5.91 Å². The molecule has 0 spiro atoms. The van der Waals surface area contributed by atoms with Gasteiger partial charge in [0.15, 0.2) is 0 Å². The SMILES string of the molecule is CCC1CCCCN1C(=O)c1ccnc(Nc2c(C)cccc2C)n1. The summed E-state index contributed by atoms with van der Waals surface area (Å²) in [6, 6.07) is 8.15. The van der Waals surface area contributed by atoms with Crippen LogP contribution in [0.25, 0.3) is 0 Å². The average molecular weight is 338 g/mol. The summed E-state index contributed by atoms with van der Waals surface area (Å²) in [5.74, 6) is 0.479. The lowest BCUT2D eigenvalue weighted by atomic mass is 9.99. The van der Waals surface area contributed by atoms with Gasteiger partial charge in [0.2, 0.25) is 5.95 Å². The number of aromatic nitrogens is 2. The molecule has 25 heavy (non-hydrogen) atoms. The van der Waals surface area contributed by atoms with Crippen LogP contribution in [0.5, 0.6) is 0 Å². The number of likely N-dealkylation sites (tertiary alicyclic amines) is 1. The summed E-state index contributed by atoms with van der Waals surface area (Å²) in [4.78, 5) is 23.7.